The minimum atomic E-state index is -0.147. The van der Waals surface area contributed by atoms with Gasteiger partial charge in [0.2, 0.25) is 0 Å². The monoisotopic (exact) mass is 220 g/mol. The molecule has 0 bridgehead atoms. The Hall–Kier alpha value is -1.51. The van der Waals surface area contributed by atoms with Gasteiger partial charge in [-0.25, -0.2) is 4.79 Å². The summed E-state index contributed by atoms with van der Waals surface area (Å²) in [6, 6.07) is 8.25. The van der Waals surface area contributed by atoms with Gasteiger partial charge in [-0.3, -0.25) is 0 Å². The van der Waals surface area contributed by atoms with Gasteiger partial charge in [0.15, 0.2) is 0 Å². The highest BCUT2D eigenvalue weighted by atomic mass is 16.2. The number of carbonyl (C=O) groups is 1. The quantitative estimate of drug-likeness (QED) is 0.804. The lowest BCUT2D eigenvalue weighted by atomic mass is 9.98. The van der Waals surface area contributed by atoms with E-state index in [4.69, 9.17) is 0 Å². The van der Waals surface area contributed by atoms with Crippen molar-refractivity contribution in [3.63, 3.8) is 0 Å². The summed E-state index contributed by atoms with van der Waals surface area (Å²) in [6.07, 6.45) is 1.15. The molecule has 2 N–H and O–H groups in total. The van der Waals surface area contributed by atoms with E-state index in [0.717, 1.165) is 12.0 Å². The van der Waals surface area contributed by atoms with Crippen LogP contribution in [0.1, 0.15) is 37.3 Å². The Morgan fingerprint density at radius 2 is 1.94 bits per heavy atom. The molecule has 0 aliphatic rings. The van der Waals surface area contributed by atoms with Crippen LogP contribution in [0, 0.1) is 0 Å². The largest absolute Gasteiger partial charge is 0.341 e. The molecule has 16 heavy (non-hydrogen) atoms. The molecule has 0 saturated carbocycles. The average Bonchev–Trinajstić information content (AvgIpc) is 2.35. The van der Waals surface area contributed by atoms with E-state index in [2.05, 4.69) is 48.7 Å². The Morgan fingerprint density at radius 3 is 2.44 bits per heavy atom. The molecule has 1 rings (SSSR count). The molecule has 2 amide bonds. The fourth-order valence-corrected chi connectivity index (χ4v) is 1.47. The minimum Gasteiger partial charge on any atom is -0.341 e. The molecule has 1 aromatic rings. The van der Waals surface area contributed by atoms with Crippen LogP contribution in [0.5, 0.6) is 0 Å². The summed E-state index contributed by atoms with van der Waals surface area (Å²) in [5, 5.41) is 5.29. The van der Waals surface area contributed by atoms with Crippen molar-refractivity contribution in [2.45, 2.75) is 32.7 Å². The number of amides is 2. The van der Waals surface area contributed by atoms with Gasteiger partial charge in [-0.1, -0.05) is 38.1 Å². The topological polar surface area (TPSA) is 41.1 Å². The van der Waals surface area contributed by atoms with Crippen LogP contribution in [-0.2, 0) is 6.54 Å². The zero-order valence-electron chi connectivity index (χ0n) is 10.2. The second kappa shape index (κ2) is 6.16. The Bertz CT molecular complexity index is 332. The van der Waals surface area contributed by atoms with Gasteiger partial charge in [-0.15, -0.1) is 0 Å². The summed E-state index contributed by atoms with van der Waals surface area (Å²) in [6.45, 7) is 4.98. The Kier molecular flexibility index (Phi) is 4.83. The van der Waals surface area contributed by atoms with E-state index in [1.54, 1.807) is 7.05 Å². The standard InChI is InChI=1S/C13H20N2O/c1-4-10(2)12-7-5-11(6-8-12)9-15-13(16)14-3/h5-8,10H,4,9H2,1-3H3,(H2,14,15,16). The number of nitrogens with one attached hydrogen (secondary N) is 2. The molecule has 3 nitrogen and oxygen atoms in total. The Morgan fingerprint density at radius 1 is 1.31 bits per heavy atom. The zero-order valence-corrected chi connectivity index (χ0v) is 10.2. The van der Waals surface area contributed by atoms with Crippen molar-refractivity contribution >= 4 is 6.03 Å². The predicted molar refractivity (Wildman–Crippen MR) is 66.4 cm³/mol. The van der Waals surface area contributed by atoms with E-state index in [0.29, 0.717) is 12.5 Å². The molecule has 0 fully saturated rings. The van der Waals surface area contributed by atoms with Crippen molar-refractivity contribution in [2.24, 2.45) is 0 Å². The number of benzene rings is 1. The van der Waals surface area contributed by atoms with Crippen LogP contribution in [0.2, 0.25) is 0 Å². The van der Waals surface area contributed by atoms with Crippen molar-refractivity contribution in [3.8, 4) is 0 Å². The second-order valence-electron chi connectivity index (χ2n) is 3.98. The van der Waals surface area contributed by atoms with E-state index in [9.17, 15) is 4.79 Å². The van der Waals surface area contributed by atoms with Gasteiger partial charge in [0, 0.05) is 13.6 Å². The van der Waals surface area contributed by atoms with Crippen molar-refractivity contribution in [1.29, 1.82) is 0 Å². The van der Waals surface area contributed by atoms with E-state index >= 15 is 0 Å². The maximum absolute atomic E-state index is 11.0. The maximum atomic E-state index is 11.0. The molecule has 3 heteroatoms. The van der Waals surface area contributed by atoms with E-state index in [1.807, 2.05) is 0 Å². The lowest BCUT2D eigenvalue weighted by Gasteiger charge is -2.10. The third kappa shape index (κ3) is 3.57. The van der Waals surface area contributed by atoms with Crippen LogP contribution in [0.25, 0.3) is 0 Å². The molecule has 0 spiro atoms. The van der Waals surface area contributed by atoms with Crippen LogP contribution in [0.3, 0.4) is 0 Å². The number of hydrogen-bond donors (Lipinski definition) is 2. The SMILES string of the molecule is CCC(C)c1ccc(CNC(=O)NC)cc1. The van der Waals surface area contributed by atoms with E-state index in [-0.39, 0.29) is 6.03 Å². The third-order valence-corrected chi connectivity index (χ3v) is 2.84. The van der Waals surface area contributed by atoms with Crippen LogP contribution in [0.4, 0.5) is 4.79 Å². The van der Waals surface area contributed by atoms with Gasteiger partial charge in [-0.05, 0) is 23.5 Å². The lowest BCUT2D eigenvalue weighted by Crippen LogP contribution is -2.32. The summed E-state index contributed by atoms with van der Waals surface area (Å²) >= 11 is 0. The number of hydrogen-bond acceptors (Lipinski definition) is 1. The first-order chi connectivity index (χ1) is 7.67. The smallest absolute Gasteiger partial charge is 0.314 e. The molecule has 0 aliphatic carbocycles. The fraction of sp³-hybridized carbons (Fsp3) is 0.462. The molecule has 1 aromatic carbocycles. The highest BCUT2D eigenvalue weighted by molar-refractivity contribution is 5.73. The molecule has 1 atom stereocenters. The molecule has 0 aromatic heterocycles. The highest BCUT2D eigenvalue weighted by Crippen LogP contribution is 2.18. The van der Waals surface area contributed by atoms with Crippen molar-refractivity contribution < 1.29 is 4.79 Å². The minimum absolute atomic E-state index is 0.147. The first-order valence-corrected chi connectivity index (χ1v) is 5.71. The summed E-state index contributed by atoms with van der Waals surface area (Å²) in [7, 11) is 1.61. The van der Waals surface area contributed by atoms with Crippen molar-refractivity contribution in [1.82, 2.24) is 10.6 Å². The van der Waals surface area contributed by atoms with Crippen LogP contribution in [0.15, 0.2) is 24.3 Å². The molecule has 1 unspecified atom stereocenters. The molecule has 0 heterocycles. The predicted octanol–water partition coefficient (Wildman–Crippen LogP) is 2.63. The highest BCUT2D eigenvalue weighted by Gasteiger charge is 2.02. The summed E-state index contributed by atoms with van der Waals surface area (Å²) in [5.74, 6) is 0.598. The lowest BCUT2D eigenvalue weighted by molar-refractivity contribution is 0.242. The van der Waals surface area contributed by atoms with Crippen LogP contribution < -0.4 is 10.6 Å². The average molecular weight is 220 g/mol. The first-order valence-electron chi connectivity index (χ1n) is 5.71. The third-order valence-electron chi connectivity index (χ3n) is 2.84. The van der Waals surface area contributed by atoms with Crippen LogP contribution >= 0.6 is 0 Å². The molecule has 88 valence electrons. The Balaban J connectivity index is 2.54. The van der Waals surface area contributed by atoms with Gasteiger partial charge in [0.05, 0.1) is 0 Å². The van der Waals surface area contributed by atoms with E-state index < -0.39 is 0 Å². The Labute approximate surface area is 97.2 Å². The molecular formula is C13H20N2O. The molecule has 0 radical (unpaired) electrons. The summed E-state index contributed by atoms with van der Waals surface area (Å²) < 4.78 is 0. The number of rotatable bonds is 4. The molecule has 0 aliphatic heterocycles. The zero-order chi connectivity index (χ0) is 12.0. The van der Waals surface area contributed by atoms with Crippen LogP contribution in [-0.4, -0.2) is 13.1 Å². The van der Waals surface area contributed by atoms with Gasteiger partial charge in [0.1, 0.15) is 0 Å². The van der Waals surface area contributed by atoms with Gasteiger partial charge >= 0.3 is 6.03 Å². The molecule has 0 saturated heterocycles. The van der Waals surface area contributed by atoms with Gasteiger partial charge in [-0.2, -0.15) is 0 Å². The summed E-state index contributed by atoms with van der Waals surface area (Å²) in [5.41, 5.74) is 2.47. The van der Waals surface area contributed by atoms with Crippen molar-refractivity contribution in [3.05, 3.63) is 35.4 Å². The maximum Gasteiger partial charge on any atom is 0.314 e. The van der Waals surface area contributed by atoms with Gasteiger partial charge in [0.25, 0.3) is 0 Å². The number of urea groups is 1. The van der Waals surface area contributed by atoms with Crippen molar-refractivity contribution in [2.75, 3.05) is 7.05 Å². The summed E-state index contributed by atoms with van der Waals surface area (Å²) in [4.78, 5) is 11.0. The first kappa shape index (κ1) is 12.6. The fourth-order valence-electron chi connectivity index (χ4n) is 1.47. The normalized spacial score (nSPS) is 11.9. The second-order valence-corrected chi connectivity index (χ2v) is 3.98. The molecular weight excluding hydrogens is 200 g/mol. The van der Waals surface area contributed by atoms with Gasteiger partial charge < -0.3 is 10.6 Å². The number of carbonyl (C=O) groups excluding carboxylic acids is 1. The van der Waals surface area contributed by atoms with E-state index in [1.165, 1.54) is 5.56 Å².